The number of carbonyl (C=O) groups is 2. The molecule has 5 heteroatoms. The lowest BCUT2D eigenvalue weighted by Crippen LogP contribution is -3.00. The van der Waals surface area contributed by atoms with Crippen molar-refractivity contribution in [1.82, 2.24) is 0 Å². The van der Waals surface area contributed by atoms with Crippen molar-refractivity contribution in [3.63, 3.8) is 0 Å². The Morgan fingerprint density at radius 2 is 1.75 bits per heavy atom. The molecule has 4 nitrogen and oxygen atoms in total. The smallest absolute Gasteiger partial charge is 0.254 e. The van der Waals surface area contributed by atoms with Crippen LogP contribution in [-0.2, 0) is 6.54 Å². The zero-order chi connectivity index (χ0) is 13.8. The third-order valence-corrected chi connectivity index (χ3v) is 2.84. The largest absolute Gasteiger partial charge is 1.00 e. The molecule has 0 aliphatic carbocycles. The minimum absolute atomic E-state index is 0. The minimum Gasteiger partial charge on any atom is -1.00 e. The van der Waals surface area contributed by atoms with Gasteiger partial charge in [-0.25, -0.2) is 0 Å². The van der Waals surface area contributed by atoms with E-state index in [1.54, 1.807) is 41.2 Å². The van der Waals surface area contributed by atoms with E-state index < -0.39 is 5.91 Å². The number of primary amides is 1. The summed E-state index contributed by atoms with van der Waals surface area (Å²) in [6.45, 7) is 2.16. The monoisotopic (exact) mass is 334 g/mol. The van der Waals surface area contributed by atoms with Crippen LogP contribution in [0.3, 0.4) is 0 Å². The Morgan fingerprint density at radius 1 is 1.10 bits per heavy atom. The maximum atomic E-state index is 12.1. The Labute approximate surface area is 128 Å². The molecule has 0 spiro atoms. The lowest BCUT2D eigenvalue weighted by molar-refractivity contribution is -0.683. The molecule has 2 N–H and O–H groups in total. The second kappa shape index (κ2) is 6.96. The van der Waals surface area contributed by atoms with Gasteiger partial charge in [-0.05, 0) is 13.0 Å². The molecule has 1 aromatic carbocycles. The molecule has 0 unspecified atom stereocenters. The van der Waals surface area contributed by atoms with E-state index in [1.165, 1.54) is 0 Å². The van der Waals surface area contributed by atoms with Gasteiger partial charge in [-0.15, -0.1) is 0 Å². The van der Waals surface area contributed by atoms with Crippen LogP contribution < -0.4 is 27.3 Å². The molecule has 0 bridgehead atoms. The van der Waals surface area contributed by atoms with Gasteiger partial charge < -0.3 is 22.7 Å². The summed E-state index contributed by atoms with van der Waals surface area (Å²) in [7, 11) is 0. The fourth-order valence-electron chi connectivity index (χ4n) is 1.76. The maximum Gasteiger partial charge on any atom is 0.254 e. The Bertz CT molecular complexity index is 624. The van der Waals surface area contributed by atoms with Crippen molar-refractivity contribution in [2.24, 2.45) is 5.73 Å². The number of halogens is 1. The zero-order valence-corrected chi connectivity index (χ0v) is 12.6. The van der Waals surface area contributed by atoms with Gasteiger partial charge in [0.15, 0.2) is 12.4 Å². The van der Waals surface area contributed by atoms with Gasteiger partial charge in [-0.2, -0.15) is 4.57 Å². The number of hydrogen-bond acceptors (Lipinski definition) is 2. The zero-order valence-electron chi connectivity index (χ0n) is 11.0. The van der Waals surface area contributed by atoms with Crippen LogP contribution >= 0.6 is 0 Å². The molecule has 0 aliphatic rings. The second-order valence-corrected chi connectivity index (χ2v) is 4.42. The number of amides is 1. The number of pyridine rings is 1. The van der Waals surface area contributed by atoms with Gasteiger partial charge in [0.05, 0.1) is 0 Å². The third kappa shape index (κ3) is 3.99. The fraction of sp³-hybridized carbons (Fsp3) is 0.133. The SMILES string of the molecule is Cc1ccc(C(=O)C[n+]2cccc(C(N)=O)c2)cc1.[Br-]. The van der Waals surface area contributed by atoms with E-state index in [-0.39, 0.29) is 29.3 Å². The summed E-state index contributed by atoms with van der Waals surface area (Å²) >= 11 is 0. The molecule has 0 fully saturated rings. The molecule has 2 aromatic rings. The first-order valence-corrected chi connectivity index (χ1v) is 5.95. The van der Waals surface area contributed by atoms with E-state index in [2.05, 4.69) is 0 Å². The van der Waals surface area contributed by atoms with Gasteiger partial charge in [-0.3, -0.25) is 9.59 Å². The fourth-order valence-corrected chi connectivity index (χ4v) is 1.76. The summed E-state index contributed by atoms with van der Waals surface area (Å²) in [6.07, 6.45) is 3.31. The van der Waals surface area contributed by atoms with Crippen LogP contribution in [-0.4, -0.2) is 11.7 Å². The molecule has 2 rings (SSSR count). The summed E-state index contributed by atoms with van der Waals surface area (Å²) in [5, 5.41) is 0. The van der Waals surface area contributed by atoms with Crippen LogP contribution in [0, 0.1) is 6.92 Å². The molecule has 1 amide bonds. The molecule has 0 saturated carbocycles. The Hall–Kier alpha value is -2.01. The molecule has 1 heterocycles. The number of rotatable bonds is 4. The topological polar surface area (TPSA) is 64.0 Å². The molecular formula is C15H15BrN2O2. The van der Waals surface area contributed by atoms with Crippen molar-refractivity contribution in [3.05, 3.63) is 65.5 Å². The van der Waals surface area contributed by atoms with Crippen molar-refractivity contribution < 1.29 is 31.1 Å². The van der Waals surface area contributed by atoms with E-state index in [9.17, 15) is 9.59 Å². The first kappa shape index (κ1) is 16.0. The average molecular weight is 335 g/mol. The molecule has 0 aliphatic heterocycles. The average Bonchev–Trinajstić information content (AvgIpc) is 2.39. The predicted octanol–water partition coefficient (Wildman–Crippen LogP) is -1.73. The molecule has 104 valence electrons. The number of Topliss-reactive ketones (excluding diaryl/α,β-unsaturated/α-hetero) is 1. The molecule has 20 heavy (non-hydrogen) atoms. The van der Waals surface area contributed by atoms with Gasteiger partial charge in [-0.1, -0.05) is 29.8 Å². The number of nitrogens with zero attached hydrogens (tertiary/aromatic N) is 1. The summed E-state index contributed by atoms with van der Waals surface area (Å²) in [5.41, 5.74) is 7.36. The van der Waals surface area contributed by atoms with Crippen LogP contribution in [0.5, 0.6) is 0 Å². The molecule has 0 atom stereocenters. The van der Waals surface area contributed by atoms with E-state index in [0.717, 1.165) is 5.56 Å². The van der Waals surface area contributed by atoms with Crippen molar-refractivity contribution in [1.29, 1.82) is 0 Å². The number of carbonyl (C=O) groups excluding carboxylic acids is 2. The first-order chi connectivity index (χ1) is 9.06. The van der Waals surface area contributed by atoms with E-state index in [0.29, 0.717) is 11.1 Å². The van der Waals surface area contributed by atoms with Gasteiger partial charge in [0.25, 0.3) is 5.91 Å². The number of nitrogens with two attached hydrogens (primary N) is 1. The number of aryl methyl sites for hydroxylation is 1. The van der Waals surface area contributed by atoms with Crippen LogP contribution in [0.2, 0.25) is 0 Å². The molecular weight excluding hydrogens is 320 g/mol. The first-order valence-electron chi connectivity index (χ1n) is 5.95. The Kier molecular flexibility index (Phi) is 5.58. The second-order valence-electron chi connectivity index (χ2n) is 4.42. The van der Waals surface area contributed by atoms with Crippen molar-refractivity contribution >= 4 is 11.7 Å². The number of aromatic nitrogens is 1. The quantitative estimate of drug-likeness (QED) is 0.533. The highest BCUT2D eigenvalue weighted by Gasteiger charge is 2.13. The van der Waals surface area contributed by atoms with Crippen LogP contribution in [0.15, 0.2) is 48.8 Å². The van der Waals surface area contributed by atoms with Gasteiger partial charge in [0.1, 0.15) is 5.56 Å². The van der Waals surface area contributed by atoms with Crippen molar-refractivity contribution in [3.8, 4) is 0 Å². The van der Waals surface area contributed by atoms with E-state index >= 15 is 0 Å². The Morgan fingerprint density at radius 3 is 2.35 bits per heavy atom. The van der Waals surface area contributed by atoms with Crippen LogP contribution in [0.1, 0.15) is 26.3 Å². The third-order valence-electron chi connectivity index (χ3n) is 2.84. The number of ketones is 1. The standard InChI is InChI=1S/C15H14N2O2.BrH/c1-11-4-6-12(7-5-11)14(18)10-17-8-2-3-13(9-17)15(16)19;/h2-9H,10H2,1H3,(H-,16,19);1H. The van der Waals surface area contributed by atoms with Gasteiger partial charge >= 0.3 is 0 Å². The summed E-state index contributed by atoms with van der Waals surface area (Å²) in [4.78, 5) is 23.1. The predicted molar refractivity (Wildman–Crippen MR) is 70.7 cm³/mol. The molecule has 0 saturated heterocycles. The summed E-state index contributed by atoms with van der Waals surface area (Å²) in [6, 6.07) is 10.7. The highest BCUT2D eigenvalue weighted by Crippen LogP contribution is 2.04. The highest BCUT2D eigenvalue weighted by atomic mass is 79.9. The van der Waals surface area contributed by atoms with Gasteiger partial charge in [0.2, 0.25) is 12.3 Å². The normalized spacial score (nSPS) is 9.65. The lowest BCUT2D eigenvalue weighted by atomic mass is 10.1. The lowest BCUT2D eigenvalue weighted by Gasteiger charge is -2.00. The van der Waals surface area contributed by atoms with Crippen molar-refractivity contribution in [2.75, 3.05) is 0 Å². The number of benzene rings is 1. The number of hydrogen-bond donors (Lipinski definition) is 1. The molecule has 1 aromatic heterocycles. The van der Waals surface area contributed by atoms with Crippen LogP contribution in [0.25, 0.3) is 0 Å². The minimum atomic E-state index is -0.503. The Balaban J connectivity index is 0.00000200. The van der Waals surface area contributed by atoms with E-state index in [1.807, 2.05) is 19.1 Å². The highest BCUT2D eigenvalue weighted by molar-refractivity contribution is 5.95. The maximum absolute atomic E-state index is 12.1. The summed E-state index contributed by atoms with van der Waals surface area (Å²) in [5.74, 6) is -0.510. The van der Waals surface area contributed by atoms with Gasteiger partial charge in [0, 0.05) is 11.6 Å². The van der Waals surface area contributed by atoms with Crippen molar-refractivity contribution in [2.45, 2.75) is 13.5 Å². The van der Waals surface area contributed by atoms with Crippen LogP contribution in [0.4, 0.5) is 0 Å². The molecule has 0 radical (unpaired) electrons. The summed E-state index contributed by atoms with van der Waals surface area (Å²) < 4.78 is 1.66. The van der Waals surface area contributed by atoms with E-state index in [4.69, 9.17) is 5.73 Å².